The first-order valence-electron chi connectivity index (χ1n) is 8.29. The van der Waals surface area contributed by atoms with E-state index in [4.69, 9.17) is 11.6 Å². The van der Waals surface area contributed by atoms with Crippen LogP contribution < -0.4 is 4.90 Å². The summed E-state index contributed by atoms with van der Waals surface area (Å²) >= 11 is 8.79. The molecule has 0 aliphatic carbocycles. The van der Waals surface area contributed by atoms with Gasteiger partial charge in [-0.3, -0.25) is 9.69 Å². The van der Waals surface area contributed by atoms with Gasteiger partial charge in [0.25, 0.3) is 0 Å². The SMILES string of the molecule is CC(=O)N(c1nc(CSc2nc3ccc(Cl)cc3[nH]2)cs1)c1ccccc1F. The molecule has 0 aliphatic rings. The zero-order valence-electron chi connectivity index (χ0n) is 14.6. The molecule has 1 amide bonds. The number of benzene rings is 2. The highest BCUT2D eigenvalue weighted by molar-refractivity contribution is 7.98. The first kappa shape index (κ1) is 18.9. The number of H-pyrrole nitrogens is 1. The Hall–Kier alpha value is -2.42. The van der Waals surface area contributed by atoms with E-state index in [2.05, 4.69) is 15.0 Å². The van der Waals surface area contributed by atoms with Crippen molar-refractivity contribution < 1.29 is 9.18 Å². The van der Waals surface area contributed by atoms with Crippen LogP contribution in [0.25, 0.3) is 11.0 Å². The summed E-state index contributed by atoms with van der Waals surface area (Å²) in [4.78, 5) is 25.6. The van der Waals surface area contributed by atoms with Crippen LogP contribution in [0.15, 0.2) is 53.0 Å². The van der Waals surface area contributed by atoms with E-state index in [1.54, 1.807) is 24.3 Å². The van der Waals surface area contributed by atoms with Gasteiger partial charge in [0.2, 0.25) is 5.91 Å². The Morgan fingerprint density at radius 3 is 2.89 bits per heavy atom. The number of para-hydroxylation sites is 1. The van der Waals surface area contributed by atoms with Crippen molar-refractivity contribution in [3.05, 3.63) is 64.4 Å². The summed E-state index contributed by atoms with van der Waals surface area (Å²) in [5, 5.41) is 3.70. The van der Waals surface area contributed by atoms with Gasteiger partial charge in [-0.15, -0.1) is 11.3 Å². The molecule has 0 fully saturated rings. The number of halogens is 2. The van der Waals surface area contributed by atoms with Crippen molar-refractivity contribution in [2.24, 2.45) is 0 Å². The highest BCUT2D eigenvalue weighted by Crippen LogP contribution is 2.32. The van der Waals surface area contributed by atoms with Gasteiger partial charge in [0.05, 0.1) is 22.4 Å². The molecule has 2 aromatic carbocycles. The highest BCUT2D eigenvalue weighted by Gasteiger charge is 2.21. The lowest BCUT2D eigenvalue weighted by Gasteiger charge is -2.18. The van der Waals surface area contributed by atoms with Gasteiger partial charge in [-0.05, 0) is 30.3 Å². The monoisotopic (exact) mass is 432 g/mol. The van der Waals surface area contributed by atoms with Crippen LogP contribution in [0.3, 0.4) is 0 Å². The van der Waals surface area contributed by atoms with Crippen molar-refractivity contribution in [2.45, 2.75) is 17.8 Å². The number of nitrogens with one attached hydrogen (secondary N) is 1. The van der Waals surface area contributed by atoms with Crippen molar-refractivity contribution in [3.8, 4) is 0 Å². The molecule has 2 heterocycles. The molecule has 5 nitrogen and oxygen atoms in total. The average Bonchev–Trinajstić information content (AvgIpc) is 3.28. The molecule has 0 aliphatic heterocycles. The summed E-state index contributed by atoms with van der Waals surface area (Å²) < 4.78 is 14.1. The second-order valence-corrected chi connectivity index (χ2v) is 8.16. The van der Waals surface area contributed by atoms with Crippen LogP contribution in [0.2, 0.25) is 5.02 Å². The number of thioether (sulfide) groups is 1. The number of hydrogen-bond donors (Lipinski definition) is 1. The average molecular weight is 433 g/mol. The zero-order chi connectivity index (χ0) is 19.7. The molecular weight excluding hydrogens is 419 g/mol. The first-order chi connectivity index (χ1) is 13.5. The molecule has 4 rings (SSSR count). The molecule has 0 bridgehead atoms. The maximum Gasteiger partial charge on any atom is 0.230 e. The standard InChI is InChI=1S/C19H14ClFN4OS2/c1-11(26)25(17-5-3-2-4-14(17)21)19-22-13(10-28-19)9-27-18-23-15-7-6-12(20)8-16(15)24-18/h2-8,10H,9H2,1H3,(H,23,24). The minimum atomic E-state index is -0.468. The Morgan fingerprint density at radius 1 is 1.29 bits per heavy atom. The molecule has 28 heavy (non-hydrogen) atoms. The Balaban J connectivity index is 1.53. The molecule has 0 atom stereocenters. The van der Waals surface area contributed by atoms with Crippen LogP contribution in [0.4, 0.5) is 15.2 Å². The molecule has 0 saturated carbocycles. The lowest BCUT2D eigenvalue weighted by Crippen LogP contribution is -2.23. The second kappa shape index (κ2) is 7.90. The third-order valence-corrected chi connectivity index (χ3v) is 5.93. The Bertz CT molecular complexity index is 1160. The minimum absolute atomic E-state index is 0.192. The predicted molar refractivity (Wildman–Crippen MR) is 112 cm³/mol. The largest absolute Gasteiger partial charge is 0.333 e. The molecule has 0 radical (unpaired) electrons. The van der Waals surface area contributed by atoms with Crippen molar-refractivity contribution in [1.29, 1.82) is 0 Å². The number of rotatable bonds is 5. The van der Waals surface area contributed by atoms with Gasteiger partial charge in [0.1, 0.15) is 5.82 Å². The number of hydrogen-bond acceptors (Lipinski definition) is 5. The maximum absolute atomic E-state index is 14.1. The number of imidazole rings is 1. The van der Waals surface area contributed by atoms with Gasteiger partial charge < -0.3 is 4.98 Å². The predicted octanol–water partition coefficient (Wildman–Crippen LogP) is 5.79. The van der Waals surface area contributed by atoms with Crippen molar-refractivity contribution in [2.75, 3.05) is 4.90 Å². The number of aromatic amines is 1. The topological polar surface area (TPSA) is 61.9 Å². The summed E-state index contributed by atoms with van der Waals surface area (Å²) in [5.41, 5.74) is 2.69. The van der Waals surface area contributed by atoms with E-state index in [-0.39, 0.29) is 11.6 Å². The smallest absolute Gasteiger partial charge is 0.230 e. The van der Waals surface area contributed by atoms with Crippen LogP contribution in [0.1, 0.15) is 12.6 Å². The Morgan fingerprint density at radius 2 is 2.11 bits per heavy atom. The summed E-state index contributed by atoms with van der Waals surface area (Å²) in [7, 11) is 0. The Kier molecular flexibility index (Phi) is 5.34. The summed E-state index contributed by atoms with van der Waals surface area (Å²) in [6, 6.07) is 11.6. The van der Waals surface area contributed by atoms with Crippen LogP contribution >= 0.6 is 34.7 Å². The number of thiazole rings is 1. The number of nitrogens with zero attached hydrogens (tertiary/aromatic N) is 3. The number of carbonyl (C=O) groups is 1. The number of amides is 1. The van der Waals surface area contributed by atoms with Gasteiger partial charge in [-0.25, -0.2) is 14.4 Å². The molecule has 1 N–H and O–H groups in total. The first-order valence-corrected chi connectivity index (χ1v) is 10.5. The highest BCUT2D eigenvalue weighted by atomic mass is 35.5. The molecule has 0 saturated heterocycles. The lowest BCUT2D eigenvalue weighted by atomic mass is 10.3. The van der Waals surface area contributed by atoms with Crippen LogP contribution in [0, 0.1) is 5.82 Å². The quantitative estimate of drug-likeness (QED) is 0.405. The van der Waals surface area contributed by atoms with E-state index in [1.165, 1.54) is 41.0 Å². The molecule has 2 aromatic heterocycles. The van der Waals surface area contributed by atoms with Crippen molar-refractivity contribution in [1.82, 2.24) is 15.0 Å². The summed E-state index contributed by atoms with van der Waals surface area (Å²) in [5.74, 6) is -0.204. The molecule has 0 spiro atoms. The normalized spacial score (nSPS) is 11.1. The number of fused-ring (bicyclic) bond motifs is 1. The second-order valence-electron chi connectivity index (χ2n) is 5.92. The van der Waals surface area contributed by atoms with Crippen LogP contribution in [-0.2, 0) is 10.5 Å². The van der Waals surface area contributed by atoms with Gasteiger partial charge >= 0.3 is 0 Å². The van der Waals surface area contributed by atoms with Gasteiger partial charge in [-0.2, -0.15) is 0 Å². The third-order valence-electron chi connectivity index (χ3n) is 3.92. The molecule has 4 aromatic rings. The molecule has 142 valence electrons. The summed E-state index contributed by atoms with van der Waals surface area (Å²) in [6.07, 6.45) is 0. The molecule has 0 unspecified atom stereocenters. The third kappa shape index (κ3) is 3.89. The molecular formula is C19H14ClFN4OS2. The van der Waals surface area contributed by atoms with Gasteiger partial charge in [0, 0.05) is 23.1 Å². The van der Waals surface area contributed by atoms with E-state index in [0.717, 1.165) is 21.9 Å². The number of carbonyl (C=O) groups excluding carboxylic acids is 1. The van der Waals surface area contributed by atoms with Gasteiger partial charge in [-0.1, -0.05) is 35.5 Å². The maximum atomic E-state index is 14.1. The summed E-state index contributed by atoms with van der Waals surface area (Å²) in [6.45, 7) is 1.39. The zero-order valence-corrected chi connectivity index (χ0v) is 17.0. The van der Waals surface area contributed by atoms with E-state index < -0.39 is 5.82 Å². The van der Waals surface area contributed by atoms with Crippen LogP contribution in [-0.4, -0.2) is 20.9 Å². The van der Waals surface area contributed by atoms with E-state index in [1.807, 2.05) is 17.5 Å². The molecule has 9 heteroatoms. The Labute approximate surface area is 173 Å². The minimum Gasteiger partial charge on any atom is -0.333 e. The fourth-order valence-electron chi connectivity index (χ4n) is 2.67. The van der Waals surface area contributed by atoms with Crippen molar-refractivity contribution >= 4 is 62.5 Å². The van der Waals surface area contributed by atoms with Gasteiger partial charge in [0.15, 0.2) is 10.3 Å². The van der Waals surface area contributed by atoms with E-state index in [0.29, 0.717) is 15.9 Å². The fraction of sp³-hybridized carbons (Fsp3) is 0.105. The van der Waals surface area contributed by atoms with Crippen molar-refractivity contribution in [3.63, 3.8) is 0 Å². The lowest BCUT2D eigenvalue weighted by molar-refractivity contribution is -0.115. The van der Waals surface area contributed by atoms with E-state index in [9.17, 15) is 9.18 Å². The van der Waals surface area contributed by atoms with Crippen LogP contribution in [0.5, 0.6) is 0 Å². The number of anilines is 2. The fourth-order valence-corrected chi connectivity index (χ4v) is 4.61. The van der Waals surface area contributed by atoms with E-state index >= 15 is 0 Å². The number of aromatic nitrogens is 3.